The zero-order valence-corrected chi connectivity index (χ0v) is 18.8. The van der Waals surface area contributed by atoms with Crippen molar-refractivity contribution < 1.29 is 31.1 Å². The molecular formula is C24H19F6N5O. The van der Waals surface area contributed by atoms with Crippen molar-refractivity contribution in [3.63, 3.8) is 0 Å². The number of nitrogen functional groups attached to an aromatic ring is 1. The van der Waals surface area contributed by atoms with Gasteiger partial charge in [0.1, 0.15) is 5.82 Å². The number of carbonyl (C=O) groups is 1. The van der Waals surface area contributed by atoms with Crippen LogP contribution in [0.3, 0.4) is 0 Å². The number of aromatic nitrogens is 3. The van der Waals surface area contributed by atoms with Crippen molar-refractivity contribution in [2.45, 2.75) is 24.7 Å². The van der Waals surface area contributed by atoms with Crippen LogP contribution in [0.2, 0.25) is 0 Å². The summed E-state index contributed by atoms with van der Waals surface area (Å²) in [5.74, 6) is -1.08. The number of anilines is 1. The van der Waals surface area contributed by atoms with Crippen LogP contribution in [-0.2, 0) is 19.4 Å². The molecule has 1 fully saturated rings. The van der Waals surface area contributed by atoms with Gasteiger partial charge in [0.05, 0.1) is 39.3 Å². The van der Waals surface area contributed by atoms with Gasteiger partial charge in [-0.15, -0.1) is 0 Å². The Bertz CT molecular complexity index is 1490. The second-order valence-electron chi connectivity index (χ2n) is 8.80. The smallest absolute Gasteiger partial charge is 0.383 e. The van der Waals surface area contributed by atoms with Crippen LogP contribution in [0, 0.1) is 0 Å². The molecule has 2 N–H and O–H groups in total. The Balaban J connectivity index is 1.52. The molecule has 1 aliphatic heterocycles. The van der Waals surface area contributed by atoms with E-state index in [-0.39, 0.29) is 30.3 Å². The van der Waals surface area contributed by atoms with E-state index in [1.165, 1.54) is 34.0 Å². The third-order valence-electron chi connectivity index (χ3n) is 6.57. The number of nitrogens with two attached hydrogens (primary N) is 1. The Kier molecular flexibility index (Phi) is 5.38. The second kappa shape index (κ2) is 8.10. The number of hydrogen-bond donors (Lipinski definition) is 1. The lowest BCUT2D eigenvalue weighted by Crippen LogP contribution is -2.30. The number of halogens is 6. The van der Waals surface area contributed by atoms with Crippen molar-refractivity contribution in [1.82, 2.24) is 19.7 Å². The number of aryl methyl sites for hydroxylation is 1. The molecule has 0 radical (unpaired) electrons. The standard InChI is InChI=1S/C24H19F6N5O/c1-34-20-16-8-15(18(24(28,29)30)9-19(16)33-21(31)17(20)10-32-34)22(36)35-7-6-13(11-35)12-2-4-14(5-3-12)23(25,26)27/h2-5,8-10,13H,6-7,11H2,1H3,(H2,31,33)/t13-/m0/s1. The highest BCUT2D eigenvalue weighted by molar-refractivity contribution is 6.10. The van der Waals surface area contributed by atoms with E-state index in [4.69, 9.17) is 5.73 Å². The molecule has 3 heterocycles. The van der Waals surface area contributed by atoms with Crippen LogP contribution in [0.1, 0.15) is 39.4 Å². The van der Waals surface area contributed by atoms with Crippen LogP contribution in [0.4, 0.5) is 32.2 Å². The maximum atomic E-state index is 14.0. The summed E-state index contributed by atoms with van der Waals surface area (Å²) in [5, 5.41) is 4.85. The van der Waals surface area contributed by atoms with Gasteiger partial charge in [0, 0.05) is 31.4 Å². The summed E-state index contributed by atoms with van der Waals surface area (Å²) < 4.78 is 82.0. The highest BCUT2D eigenvalue weighted by Gasteiger charge is 2.39. The quantitative estimate of drug-likeness (QED) is 0.370. The zero-order valence-electron chi connectivity index (χ0n) is 18.8. The molecule has 1 saturated heterocycles. The maximum Gasteiger partial charge on any atom is 0.417 e. The normalized spacial score (nSPS) is 16.9. The molecule has 36 heavy (non-hydrogen) atoms. The number of hydrogen-bond acceptors (Lipinski definition) is 4. The van der Waals surface area contributed by atoms with Gasteiger partial charge in [0.25, 0.3) is 5.91 Å². The number of carbonyl (C=O) groups excluding carboxylic acids is 1. The molecule has 1 atom stereocenters. The van der Waals surface area contributed by atoms with Crippen LogP contribution in [-0.4, -0.2) is 38.7 Å². The molecule has 6 nitrogen and oxygen atoms in total. The fourth-order valence-electron chi connectivity index (χ4n) is 4.75. The first kappa shape index (κ1) is 23.9. The highest BCUT2D eigenvalue weighted by atomic mass is 19.4. The topological polar surface area (TPSA) is 77.0 Å². The molecule has 0 spiro atoms. The number of alkyl halides is 6. The molecule has 188 valence electrons. The molecule has 1 amide bonds. The minimum Gasteiger partial charge on any atom is -0.383 e. The van der Waals surface area contributed by atoms with Crippen LogP contribution >= 0.6 is 0 Å². The Morgan fingerprint density at radius 3 is 2.36 bits per heavy atom. The Hall–Kier alpha value is -3.83. The van der Waals surface area contributed by atoms with Crippen molar-refractivity contribution in [2.24, 2.45) is 7.05 Å². The van der Waals surface area contributed by atoms with E-state index >= 15 is 0 Å². The second-order valence-corrected chi connectivity index (χ2v) is 8.80. The lowest BCUT2D eigenvalue weighted by atomic mass is 9.97. The third-order valence-corrected chi connectivity index (χ3v) is 6.57. The number of likely N-dealkylation sites (tertiary alicyclic amines) is 1. The first-order chi connectivity index (χ1) is 16.8. The summed E-state index contributed by atoms with van der Waals surface area (Å²) in [6.45, 7) is 0.252. The minimum absolute atomic E-state index is 0.0171. The number of benzene rings is 2. The van der Waals surface area contributed by atoms with Gasteiger partial charge in [0.15, 0.2) is 0 Å². The molecule has 0 bridgehead atoms. The van der Waals surface area contributed by atoms with Crippen molar-refractivity contribution in [3.05, 3.63) is 64.8 Å². The Labute approximate surface area is 200 Å². The van der Waals surface area contributed by atoms with Crippen LogP contribution in [0.25, 0.3) is 21.8 Å². The summed E-state index contributed by atoms with van der Waals surface area (Å²) in [6.07, 6.45) is -7.44. The largest absolute Gasteiger partial charge is 0.417 e. The fourth-order valence-corrected chi connectivity index (χ4v) is 4.75. The monoisotopic (exact) mass is 507 g/mol. The van der Waals surface area contributed by atoms with Crippen LogP contribution < -0.4 is 5.73 Å². The summed E-state index contributed by atoms with van der Waals surface area (Å²) in [7, 11) is 1.61. The fraction of sp³-hybridized carbons (Fsp3) is 0.292. The highest BCUT2D eigenvalue weighted by Crippen LogP contribution is 2.39. The first-order valence-corrected chi connectivity index (χ1v) is 10.9. The number of nitrogens with zero attached hydrogens (tertiary/aromatic N) is 4. The predicted molar refractivity (Wildman–Crippen MR) is 120 cm³/mol. The van der Waals surface area contributed by atoms with Crippen molar-refractivity contribution in [1.29, 1.82) is 0 Å². The van der Waals surface area contributed by atoms with E-state index in [0.29, 0.717) is 28.3 Å². The van der Waals surface area contributed by atoms with Gasteiger partial charge in [-0.05, 0) is 36.2 Å². The summed E-state index contributed by atoms with van der Waals surface area (Å²) in [4.78, 5) is 18.7. The van der Waals surface area contributed by atoms with Crippen molar-refractivity contribution in [2.75, 3.05) is 18.8 Å². The molecule has 2 aromatic carbocycles. The van der Waals surface area contributed by atoms with E-state index in [2.05, 4.69) is 10.1 Å². The van der Waals surface area contributed by atoms with Gasteiger partial charge in [-0.25, -0.2) is 4.98 Å². The molecule has 4 aromatic rings. The summed E-state index contributed by atoms with van der Waals surface area (Å²) >= 11 is 0. The van der Waals surface area contributed by atoms with Crippen LogP contribution in [0.5, 0.6) is 0 Å². The lowest BCUT2D eigenvalue weighted by Gasteiger charge is -2.21. The van der Waals surface area contributed by atoms with E-state index in [9.17, 15) is 31.1 Å². The minimum atomic E-state index is -4.83. The number of amides is 1. The molecule has 1 aliphatic rings. The average molecular weight is 507 g/mol. The molecular weight excluding hydrogens is 488 g/mol. The van der Waals surface area contributed by atoms with E-state index in [0.717, 1.165) is 18.2 Å². The van der Waals surface area contributed by atoms with Gasteiger partial charge in [0.2, 0.25) is 0 Å². The van der Waals surface area contributed by atoms with Crippen LogP contribution in [0.15, 0.2) is 42.6 Å². The Morgan fingerprint density at radius 1 is 1.03 bits per heavy atom. The lowest BCUT2D eigenvalue weighted by molar-refractivity contribution is -0.138. The molecule has 0 saturated carbocycles. The van der Waals surface area contributed by atoms with Crippen molar-refractivity contribution in [3.8, 4) is 0 Å². The van der Waals surface area contributed by atoms with Crippen molar-refractivity contribution >= 4 is 33.5 Å². The van der Waals surface area contributed by atoms with E-state index in [1.54, 1.807) is 7.05 Å². The SMILES string of the molecule is Cn1ncc2c(N)nc3cc(C(F)(F)F)c(C(=O)N4CC[C@H](c5ccc(C(F)(F)F)cc5)C4)cc3c21. The van der Waals surface area contributed by atoms with E-state index < -0.39 is 35.0 Å². The van der Waals surface area contributed by atoms with Gasteiger partial charge in [-0.1, -0.05) is 12.1 Å². The summed E-state index contributed by atoms with van der Waals surface area (Å²) in [6, 6.07) is 6.59. The third kappa shape index (κ3) is 3.99. The van der Waals surface area contributed by atoms with E-state index in [1.807, 2.05) is 0 Å². The van der Waals surface area contributed by atoms with Gasteiger partial charge >= 0.3 is 12.4 Å². The number of pyridine rings is 1. The summed E-state index contributed by atoms with van der Waals surface area (Å²) in [5.41, 5.74) is 4.47. The molecule has 0 aliphatic carbocycles. The first-order valence-electron chi connectivity index (χ1n) is 10.9. The molecule has 5 rings (SSSR count). The predicted octanol–water partition coefficient (Wildman–Crippen LogP) is 5.37. The maximum absolute atomic E-state index is 14.0. The molecule has 2 aromatic heterocycles. The Morgan fingerprint density at radius 2 is 1.72 bits per heavy atom. The van der Waals surface area contributed by atoms with Gasteiger partial charge in [-0.3, -0.25) is 9.48 Å². The number of fused-ring (bicyclic) bond motifs is 3. The number of rotatable bonds is 2. The average Bonchev–Trinajstić information content (AvgIpc) is 3.45. The molecule has 12 heteroatoms. The molecule has 0 unspecified atom stereocenters. The van der Waals surface area contributed by atoms with Gasteiger partial charge < -0.3 is 10.6 Å². The zero-order chi connectivity index (χ0) is 26.0. The van der Waals surface area contributed by atoms with Gasteiger partial charge in [-0.2, -0.15) is 31.4 Å².